The molecule has 0 saturated carbocycles. The van der Waals surface area contributed by atoms with E-state index in [0.29, 0.717) is 19.4 Å². The van der Waals surface area contributed by atoms with Crippen molar-refractivity contribution in [3.05, 3.63) is 24.3 Å². The molecule has 6 heteroatoms. The molecule has 0 spiro atoms. The Bertz CT molecular complexity index is 445. The molecule has 1 aliphatic rings. The monoisotopic (exact) mass is 314 g/mol. The van der Waals surface area contributed by atoms with Gasteiger partial charge in [0.1, 0.15) is 11.4 Å². The van der Waals surface area contributed by atoms with Crippen LogP contribution in [-0.2, 0) is 9.53 Å². The van der Waals surface area contributed by atoms with Crippen LogP contribution in [0.3, 0.4) is 0 Å². The van der Waals surface area contributed by atoms with Gasteiger partial charge in [-0.05, 0) is 57.1 Å². The van der Waals surface area contributed by atoms with E-state index in [9.17, 15) is 4.79 Å². The van der Waals surface area contributed by atoms with Gasteiger partial charge in [-0.25, -0.2) is 0 Å². The van der Waals surface area contributed by atoms with Gasteiger partial charge in [-0.15, -0.1) is 12.4 Å². The molecule has 21 heavy (non-hydrogen) atoms. The Morgan fingerprint density at radius 1 is 1.29 bits per heavy atom. The molecule has 0 bridgehead atoms. The molecule has 1 amide bonds. The van der Waals surface area contributed by atoms with Crippen LogP contribution in [0, 0.1) is 0 Å². The Morgan fingerprint density at radius 3 is 2.43 bits per heavy atom. The standard InChI is InChI=1S/C15H22N2O3.ClH/c1-3-20-13-6-4-12(5-7-13)17-14(18)15(19-2)8-10-16-11-9-15;/h4-7,16H,3,8-11H2,1-2H3,(H,17,18);1H. The average Bonchev–Trinajstić information content (AvgIpc) is 2.50. The number of nitrogens with one attached hydrogen (secondary N) is 2. The smallest absolute Gasteiger partial charge is 0.256 e. The first-order chi connectivity index (χ1) is 9.70. The molecule has 5 nitrogen and oxygen atoms in total. The SMILES string of the molecule is CCOc1ccc(NC(=O)C2(OC)CCNCC2)cc1.Cl. The Kier molecular flexibility index (Phi) is 6.95. The Balaban J connectivity index is 0.00000220. The van der Waals surface area contributed by atoms with E-state index in [1.54, 1.807) is 7.11 Å². The van der Waals surface area contributed by atoms with Gasteiger partial charge in [0.05, 0.1) is 6.61 Å². The van der Waals surface area contributed by atoms with Gasteiger partial charge in [-0.1, -0.05) is 0 Å². The highest BCUT2D eigenvalue weighted by Crippen LogP contribution is 2.25. The van der Waals surface area contributed by atoms with E-state index in [1.807, 2.05) is 31.2 Å². The number of carbonyl (C=O) groups is 1. The van der Waals surface area contributed by atoms with Crippen molar-refractivity contribution in [1.82, 2.24) is 5.32 Å². The summed E-state index contributed by atoms with van der Waals surface area (Å²) in [5, 5.41) is 6.16. The fraction of sp³-hybridized carbons (Fsp3) is 0.533. The number of amides is 1. The molecule has 1 aliphatic heterocycles. The average molecular weight is 315 g/mol. The number of piperidine rings is 1. The van der Waals surface area contributed by atoms with Crippen molar-refractivity contribution in [2.24, 2.45) is 0 Å². The third kappa shape index (κ3) is 4.33. The van der Waals surface area contributed by atoms with E-state index in [0.717, 1.165) is 24.5 Å². The molecule has 2 N–H and O–H groups in total. The van der Waals surface area contributed by atoms with Crippen LogP contribution in [-0.4, -0.2) is 38.3 Å². The highest BCUT2D eigenvalue weighted by Gasteiger charge is 2.39. The van der Waals surface area contributed by atoms with Gasteiger partial charge in [-0.2, -0.15) is 0 Å². The molecule has 1 heterocycles. The lowest BCUT2D eigenvalue weighted by atomic mass is 9.91. The maximum atomic E-state index is 12.4. The minimum atomic E-state index is -0.718. The second kappa shape index (κ2) is 8.22. The predicted octanol–water partition coefficient (Wildman–Crippen LogP) is 2.21. The fourth-order valence-electron chi connectivity index (χ4n) is 2.40. The lowest BCUT2D eigenvalue weighted by Gasteiger charge is -2.34. The summed E-state index contributed by atoms with van der Waals surface area (Å²) in [5.41, 5.74) is 0.0394. The molecule has 1 saturated heterocycles. The first-order valence-corrected chi connectivity index (χ1v) is 7.00. The topological polar surface area (TPSA) is 59.6 Å². The van der Waals surface area contributed by atoms with Crippen molar-refractivity contribution in [2.45, 2.75) is 25.4 Å². The largest absolute Gasteiger partial charge is 0.494 e. The van der Waals surface area contributed by atoms with E-state index in [-0.39, 0.29) is 18.3 Å². The van der Waals surface area contributed by atoms with Gasteiger partial charge in [-0.3, -0.25) is 4.79 Å². The lowest BCUT2D eigenvalue weighted by Crippen LogP contribution is -2.51. The van der Waals surface area contributed by atoms with Crippen LogP contribution in [0.4, 0.5) is 5.69 Å². The van der Waals surface area contributed by atoms with Crippen LogP contribution in [0.15, 0.2) is 24.3 Å². The molecule has 1 fully saturated rings. The fourth-order valence-corrected chi connectivity index (χ4v) is 2.40. The molecule has 0 aliphatic carbocycles. The van der Waals surface area contributed by atoms with Crippen LogP contribution in [0.2, 0.25) is 0 Å². The van der Waals surface area contributed by atoms with E-state index >= 15 is 0 Å². The molecular formula is C15H23ClN2O3. The zero-order valence-corrected chi connectivity index (χ0v) is 13.3. The molecular weight excluding hydrogens is 292 g/mol. The summed E-state index contributed by atoms with van der Waals surface area (Å²) in [7, 11) is 1.60. The Hall–Kier alpha value is -1.30. The van der Waals surface area contributed by atoms with E-state index in [4.69, 9.17) is 9.47 Å². The van der Waals surface area contributed by atoms with Gasteiger partial charge in [0.2, 0.25) is 0 Å². The normalized spacial score (nSPS) is 16.7. The number of hydrogen-bond acceptors (Lipinski definition) is 4. The van der Waals surface area contributed by atoms with Crippen molar-refractivity contribution in [1.29, 1.82) is 0 Å². The van der Waals surface area contributed by atoms with Gasteiger partial charge >= 0.3 is 0 Å². The molecule has 0 atom stereocenters. The van der Waals surface area contributed by atoms with Crippen molar-refractivity contribution < 1.29 is 14.3 Å². The summed E-state index contributed by atoms with van der Waals surface area (Å²) in [6.07, 6.45) is 1.37. The quantitative estimate of drug-likeness (QED) is 0.875. The molecule has 0 unspecified atom stereocenters. The van der Waals surface area contributed by atoms with Crippen LogP contribution >= 0.6 is 12.4 Å². The highest BCUT2D eigenvalue weighted by molar-refractivity contribution is 5.97. The minimum Gasteiger partial charge on any atom is -0.494 e. The molecule has 0 radical (unpaired) electrons. The van der Waals surface area contributed by atoms with Crippen molar-refractivity contribution >= 4 is 24.0 Å². The first kappa shape index (κ1) is 17.8. The number of halogens is 1. The summed E-state index contributed by atoms with van der Waals surface area (Å²) >= 11 is 0. The number of benzene rings is 1. The molecule has 2 rings (SSSR count). The van der Waals surface area contributed by atoms with Crippen LogP contribution in [0.1, 0.15) is 19.8 Å². The van der Waals surface area contributed by atoms with Crippen molar-refractivity contribution in [2.75, 3.05) is 32.1 Å². The summed E-state index contributed by atoms with van der Waals surface area (Å²) in [6, 6.07) is 7.38. The van der Waals surface area contributed by atoms with E-state index < -0.39 is 5.60 Å². The maximum absolute atomic E-state index is 12.4. The number of ether oxygens (including phenoxy) is 2. The van der Waals surface area contributed by atoms with Crippen molar-refractivity contribution in [3.63, 3.8) is 0 Å². The van der Waals surface area contributed by atoms with Gasteiger partial charge in [0.15, 0.2) is 0 Å². The number of methoxy groups -OCH3 is 1. The summed E-state index contributed by atoms with van der Waals surface area (Å²) < 4.78 is 10.9. The Labute approximate surface area is 131 Å². The van der Waals surface area contributed by atoms with Gasteiger partial charge < -0.3 is 20.1 Å². The second-order valence-corrected chi connectivity index (χ2v) is 4.86. The van der Waals surface area contributed by atoms with Crippen molar-refractivity contribution in [3.8, 4) is 5.75 Å². The molecule has 1 aromatic rings. The zero-order valence-electron chi connectivity index (χ0n) is 12.5. The summed E-state index contributed by atoms with van der Waals surface area (Å²) in [4.78, 5) is 12.4. The summed E-state index contributed by atoms with van der Waals surface area (Å²) in [5.74, 6) is 0.722. The number of carbonyl (C=O) groups excluding carboxylic acids is 1. The van der Waals surface area contributed by atoms with Crippen LogP contribution in [0.5, 0.6) is 5.75 Å². The number of anilines is 1. The maximum Gasteiger partial charge on any atom is 0.256 e. The van der Waals surface area contributed by atoms with Crippen LogP contribution < -0.4 is 15.4 Å². The zero-order chi connectivity index (χ0) is 14.4. The second-order valence-electron chi connectivity index (χ2n) is 4.86. The van der Waals surface area contributed by atoms with E-state index in [1.165, 1.54) is 0 Å². The van der Waals surface area contributed by atoms with Crippen LogP contribution in [0.25, 0.3) is 0 Å². The highest BCUT2D eigenvalue weighted by atomic mass is 35.5. The lowest BCUT2D eigenvalue weighted by molar-refractivity contribution is -0.140. The summed E-state index contributed by atoms with van der Waals surface area (Å²) in [6.45, 7) is 4.16. The Morgan fingerprint density at radius 2 is 1.90 bits per heavy atom. The minimum absolute atomic E-state index is 0. The number of rotatable bonds is 5. The third-order valence-electron chi connectivity index (χ3n) is 3.64. The molecule has 0 aromatic heterocycles. The van der Waals surface area contributed by atoms with E-state index in [2.05, 4.69) is 10.6 Å². The molecule has 1 aromatic carbocycles. The number of hydrogen-bond donors (Lipinski definition) is 2. The molecule has 118 valence electrons. The predicted molar refractivity (Wildman–Crippen MR) is 85.3 cm³/mol. The van der Waals surface area contributed by atoms with Gasteiger partial charge in [0, 0.05) is 12.8 Å². The first-order valence-electron chi connectivity index (χ1n) is 7.00. The third-order valence-corrected chi connectivity index (χ3v) is 3.64. The van der Waals surface area contributed by atoms with Gasteiger partial charge in [0.25, 0.3) is 5.91 Å².